The number of ether oxygens (including phenoxy) is 1. The maximum atomic E-state index is 13.7. The second-order valence-electron chi connectivity index (χ2n) is 9.08. The van der Waals surface area contributed by atoms with Gasteiger partial charge in [-0.1, -0.05) is 30.3 Å². The fourth-order valence-electron chi connectivity index (χ4n) is 4.79. The summed E-state index contributed by atoms with van der Waals surface area (Å²) >= 11 is 0. The molecule has 2 heterocycles. The molecule has 4 aromatic rings. The van der Waals surface area contributed by atoms with Crippen molar-refractivity contribution in [2.75, 3.05) is 33.3 Å². The first-order valence-corrected chi connectivity index (χ1v) is 13.7. The van der Waals surface area contributed by atoms with Gasteiger partial charge in [0.15, 0.2) is 0 Å². The Morgan fingerprint density at radius 3 is 2.21 bits per heavy atom. The van der Waals surface area contributed by atoms with Crippen molar-refractivity contribution in [1.29, 1.82) is 0 Å². The molecule has 1 aliphatic heterocycles. The highest BCUT2D eigenvalue weighted by Gasteiger charge is 2.32. The summed E-state index contributed by atoms with van der Waals surface area (Å²) in [6.45, 7) is 2.74. The summed E-state index contributed by atoms with van der Waals surface area (Å²) in [6.07, 6.45) is 0. The van der Waals surface area contributed by atoms with E-state index >= 15 is 0 Å². The molecule has 3 aromatic carbocycles. The molecule has 0 atom stereocenters. The van der Waals surface area contributed by atoms with Crippen LogP contribution in [0.15, 0.2) is 89.8 Å². The molecule has 0 unspecified atom stereocenters. The highest BCUT2D eigenvalue weighted by atomic mass is 32.2. The van der Waals surface area contributed by atoms with E-state index in [4.69, 9.17) is 4.74 Å². The van der Waals surface area contributed by atoms with Gasteiger partial charge in [0, 0.05) is 43.1 Å². The first-order valence-electron chi connectivity index (χ1n) is 12.3. The molecule has 196 valence electrons. The first kappa shape index (κ1) is 25.7. The molecule has 0 aliphatic carbocycles. The summed E-state index contributed by atoms with van der Waals surface area (Å²) in [4.78, 5) is 15.4. The molecule has 1 aromatic heterocycles. The second-order valence-corrected chi connectivity index (χ2v) is 11.0. The fraction of sp³-hybridized carbons (Fsp3) is 0.207. The van der Waals surface area contributed by atoms with Gasteiger partial charge in [-0.25, -0.2) is 12.8 Å². The Kier molecular flexibility index (Phi) is 7.05. The van der Waals surface area contributed by atoms with Gasteiger partial charge >= 0.3 is 0 Å². The number of piperazine rings is 1. The Labute approximate surface area is 221 Å². The number of carbonyl (C=O) groups excluding carboxylic acids is 1. The second kappa shape index (κ2) is 10.4. The third kappa shape index (κ3) is 4.82. The van der Waals surface area contributed by atoms with Gasteiger partial charge in [0.2, 0.25) is 10.0 Å². The number of sulfonamides is 1. The minimum atomic E-state index is -3.77. The summed E-state index contributed by atoms with van der Waals surface area (Å²) in [7, 11) is -2.15. The molecule has 0 bridgehead atoms. The van der Waals surface area contributed by atoms with Crippen LogP contribution in [0, 0.1) is 12.7 Å². The van der Waals surface area contributed by atoms with Crippen LogP contribution in [-0.4, -0.2) is 61.4 Å². The topological polar surface area (TPSA) is 71.8 Å². The van der Waals surface area contributed by atoms with E-state index in [1.807, 2.05) is 67.6 Å². The summed E-state index contributed by atoms with van der Waals surface area (Å²) in [5.41, 5.74) is 4.04. The Balaban J connectivity index is 1.43. The standard InChI is InChI=1S/C29H28FN3O4S/c1-21-27(20-28(22-7-6-10-25(19-22)37-2)33(21)24-8-4-3-5-9-24)29(34)31-15-17-32(18-16-31)38(35,36)26-13-11-23(30)12-14-26/h3-14,19-20H,15-18H2,1-2H3. The molecular formula is C29H28FN3O4S. The number of hydrogen-bond donors (Lipinski definition) is 0. The van der Waals surface area contributed by atoms with Gasteiger partial charge in [-0.15, -0.1) is 0 Å². The Morgan fingerprint density at radius 2 is 1.55 bits per heavy atom. The minimum absolute atomic E-state index is 0.0392. The van der Waals surface area contributed by atoms with Crippen LogP contribution < -0.4 is 4.74 Å². The molecule has 1 aliphatic rings. The third-order valence-electron chi connectivity index (χ3n) is 6.83. The zero-order valence-corrected chi connectivity index (χ0v) is 22.0. The van der Waals surface area contributed by atoms with E-state index in [1.54, 1.807) is 12.0 Å². The van der Waals surface area contributed by atoms with E-state index in [1.165, 1.54) is 16.4 Å². The van der Waals surface area contributed by atoms with Crippen molar-refractivity contribution >= 4 is 15.9 Å². The Bertz CT molecular complexity index is 1560. The molecule has 0 N–H and O–H groups in total. The SMILES string of the molecule is COc1cccc(-c2cc(C(=O)N3CCN(S(=O)(=O)c4ccc(F)cc4)CC3)c(C)n2-c2ccccc2)c1. The van der Waals surface area contributed by atoms with Gasteiger partial charge in [-0.05, 0) is 61.5 Å². The summed E-state index contributed by atoms with van der Waals surface area (Å²) in [5, 5.41) is 0. The van der Waals surface area contributed by atoms with Gasteiger partial charge in [0.1, 0.15) is 11.6 Å². The van der Waals surface area contributed by atoms with Gasteiger partial charge < -0.3 is 14.2 Å². The largest absolute Gasteiger partial charge is 0.497 e. The zero-order chi connectivity index (χ0) is 26.9. The summed E-state index contributed by atoms with van der Waals surface area (Å²) < 4.78 is 48.1. The predicted molar refractivity (Wildman–Crippen MR) is 144 cm³/mol. The summed E-state index contributed by atoms with van der Waals surface area (Å²) in [5.74, 6) is 0.0676. The number of rotatable bonds is 6. The number of nitrogens with zero attached hydrogens (tertiary/aromatic N) is 3. The van der Waals surface area contributed by atoms with Gasteiger partial charge in [-0.2, -0.15) is 4.31 Å². The Morgan fingerprint density at radius 1 is 0.868 bits per heavy atom. The maximum absolute atomic E-state index is 13.7. The molecule has 1 amide bonds. The smallest absolute Gasteiger partial charge is 0.255 e. The monoisotopic (exact) mass is 533 g/mol. The van der Waals surface area contributed by atoms with Gasteiger partial charge in [0.25, 0.3) is 5.91 Å². The average molecular weight is 534 g/mol. The normalized spacial score (nSPS) is 14.4. The molecular weight excluding hydrogens is 505 g/mol. The van der Waals surface area contributed by atoms with Crippen molar-refractivity contribution < 1.29 is 22.3 Å². The van der Waals surface area contributed by atoms with E-state index < -0.39 is 15.8 Å². The number of methoxy groups -OCH3 is 1. The van der Waals surface area contributed by atoms with Crippen LogP contribution in [0.5, 0.6) is 5.75 Å². The lowest BCUT2D eigenvalue weighted by Crippen LogP contribution is -2.50. The van der Waals surface area contributed by atoms with E-state index in [2.05, 4.69) is 4.57 Å². The number of amides is 1. The van der Waals surface area contributed by atoms with Crippen molar-refractivity contribution in [2.45, 2.75) is 11.8 Å². The Hall–Kier alpha value is -3.95. The molecule has 7 nitrogen and oxygen atoms in total. The molecule has 38 heavy (non-hydrogen) atoms. The fourth-order valence-corrected chi connectivity index (χ4v) is 6.21. The zero-order valence-electron chi connectivity index (χ0n) is 21.2. The number of aromatic nitrogens is 1. The van der Waals surface area contributed by atoms with Crippen molar-refractivity contribution in [1.82, 2.24) is 13.8 Å². The minimum Gasteiger partial charge on any atom is -0.497 e. The lowest BCUT2D eigenvalue weighted by atomic mass is 10.1. The van der Waals surface area contributed by atoms with Crippen LogP contribution in [0.4, 0.5) is 4.39 Å². The van der Waals surface area contributed by atoms with Crippen LogP contribution in [0.3, 0.4) is 0 Å². The molecule has 0 radical (unpaired) electrons. The number of carbonyl (C=O) groups is 1. The maximum Gasteiger partial charge on any atom is 0.255 e. The van der Waals surface area contributed by atoms with Gasteiger partial charge in [0.05, 0.1) is 23.3 Å². The van der Waals surface area contributed by atoms with E-state index in [-0.39, 0.29) is 37.0 Å². The number of para-hydroxylation sites is 1. The van der Waals surface area contributed by atoms with Crippen molar-refractivity contribution in [3.05, 3.63) is 102 Å². The van der Waals surface area contributed by atoms with Crippen LogP contribution in [0.1, 0.15) is 16.1 Å². The van der Waals surface area contributed by atoms with Crippen molar-refractivity contribution in [3.63, 3.8) is 0 Å². The van der Waals surface area contributed by atoms with Crippen LogP contribution >= 0.6 is 0 Å². The molecule has 1 saturated heterocycles. The number of halogens is 1. The number of benzene rings is 3. The van der Waals surface area contributed by atoms with Crippen LogP contribution in [0.25, 0.3) is 16.9 Å². The highest BCUT2D eigenvalue weighted by Crippen LogP contribution is 2.32. The molecule has 0 saturated carbocycles. The van der Waals surface area contributed by atoms with E-state index in [0.717, 1.165) is 34.8 Å². The van der Waals surface area contributed by atoms with Gasteiger partial charge in [-0.3, -0.25) is 4.79 Å². The molecule has 9 heteroatoms. The number of hydrogen-bond acceptors (Lipinski definition) is 4. The third-order valence-corrected chi connectivity index (χ3v) is 8.75. The van der Waals surface area contributed by atoms with Crippen LogP contribution in [0.2, 0.25) is 0 Å². The highest BCUT2D eigenvalue weighted by molar-refractivity contribution is 7.89. The lowest BCUT2D eigenvalue weighted by Gasteiger charge is -2.34. The quantitative estimate of drug-likeness (QED) is 0.359. The lowest BCUT2D eigenvalue weighted by molar-refractivity contribution is 0.0697. The summed E-state index contributed by atoms with van der Waals surface area (Å²) in [6, 6.07) is 24.2. The van der Waals surface area contributed by atoms with E-state index in [9.17, 15) is 17.6 Å². The molecule has 0 spiro atoms. The van der Waals surface area contributed by atoms with E-state index in [0.29, 0.717) is 11.3 Å². The van der Waals surface area contributed by atoms with Crippen molar-refractivity contribution in [3.8, 4) is 22.7 Å². The first-order chi connectivity index (χ1) is 18.3. The van der Waals surface area contributed by atoms with Crippen molar-refractivity contribution in [2.24, 2.45) is 0 Å². The molecule has 1 fully saturated rings. The molecule has 5 rings (SSSR count). The predicted octanol–water partition coefficient (Wildman–Crippen LogP) is 4.75. The van der Waals surface area contributed by atoms with Crippen LogP contribution in [-0.2, 0) is 10.0 Å². The average Bonchev–Trinajstić information content (AvgIpc) is 3.30.